The van der Waals surface area contributed by atoms with Crippen LogP contribution in [0.3, 0.4) is 0 Å². The third kappa shape index (κ3) is 2.60. The molecule has 1 aromatic heterocycles. The fourth-order valence-corrected chi connectivity index (χ4v) is 3.63. The van der Waals surface area contributed by atoms with Gasteiger partial charge in [0, 0.05) is 16.5 Å². The Bertz CT molecular complexity index is 929. The summed E-state index contributed by atoms with van der Waals surface area (Å²) < 4.78 is 6.49. The molecule has 2 amide bonds. The zero-order valence-corrected chi connectivity index (χ0v) is 14.5. The third-order valence-electron chi connectivity index (χ3n) is 4.86. The van der Waals surface area contributed by atoms with Gasteiger partial charge in [-0.25, -0.2) is 4.90 Å². The highest BCUT2D eigenvalue weighted by atomic mass is 16.5. The fraction of sp³-hybridized carbons (Fsp3) is 0.368. The van der Waals surface area contributed by atoms with Crippen LogP contribution in [0.4, 0.5) is 5.69 Å². The van der Waals surface area contributed by atoms with Crippen molar-refractivity contribution in [1.29, 1.82) is 0 Å². The number of rotatable bonds is 4. The second kappa shape index (κ2) is 6.40. The third-order valence-corrected chi connectivity index (χ3v) is 4.86. The summed E-state index contributed by atoms with van der Waals surface area (Å²) in [5.41, 5.74) is 2.50. The maximum Gasteiger partial charge on any atom is 0.327 e. The van der Waals surface area contributed by atoms with Gasteiger partial charge < -0.3 is 4.74 Å². The van der Waals surface area contributed by atoms with Crippen LogP contribution in [0.25, 0.3) is 10.9 Å². The number of amides is 2. The van der Waals surface area contributed by atoms with E-state index in [1.54, 1.807) is 31.3 Å². The van der Waals surface area contributed by atoms with Crippen LogP contribution in [0.1, 0.15) is 32.6 Å². The van der Waals surface area contributed by atoms with Gasteiger partial charge in [0.1, 0.15) is 6.54 Å². The molecular weight excluding hydrogens is 334 g/mol. The number of benzene rings is 1. The molecule has 0 N–H and O–H groups in total. The molecule has 1 aliphatic heterocycles. The number of carbonyl (C=O) groups excluding carboxylic acids is 3. The molecule has 7 heteroatoms. The average molecular weight is 353 g/mol. The highest BCUT2D eigenvalue weighted by molar-refractivity contribution is 6.33. The van der Waals surface area contributed by atoms with Crippen molar-refractivity contribution in [2.24, 2.45) is 0 Å². The van der Waals surface area contributed by atoms with Gasteiger partial charge in [0.2, 0.25) is 0 Å². The summed E-state index contributed by atoms with van der Waals surface area (Å²) in [5.74, 6) is -0.825. The van der Waals surface area contributed by atoms with E-state index in [2.05, 4.69) is 5.10 Å². The first kappa shape index (κ1) is 16.5. The average Bonchev–Trinajstić information content (AvgIpc) is 3.15. The number of anilines is 1. The number of ether oxygens (including phenoxy) is 1. The van der Waals surface area contributed by atoms with Crippen LogP contribution >= 0.6 is 0 Å². The van der Waals surface area contributed by atoms with Gasteiger partial charge in [0.05, 0.1) is 24.0 Å². The monoisotopic (exact) mass is 353 g/mol. The number of imide groups is 1. The minimum absolute atomic E-state index is 0.0164. The number of aromatic nitrogens is 2. The number of esters is 1. The Kier molecular flexibility index (Phi) is 4.06. The molecule has 7 nitrogen and oxygen atoms in total. The molecule has 0 spiro atoms. The predicted molar refractivity (Wildman–Crippen MR) is 94.4 cm³/mol. The summed E-state index contributed by atoms with van der Waals surface area (Å²) in [6.45, 7) is 2.03. The lowest BCUT2D eigenvalue weighted by atomic mass is 9.93. The lowest BCUT2D eigenvalue weighted by molar-refractivity contribution is -0.144. The summed E-state index contributed by atoms with van der Waals surface area (Å²) in [6.07, 6.45) is 4.86. The van der Waals surface area contributed by atoms with E-state index in [0.29, 0.717) is 41.8 Å². The van der Waals surface area contributed by atoms with E-state index < -0.39 is 0 Å². The molecule has 2 aliphatic rings. The number of carbonyl (C=O) groups is 3. The van der Waals surface area contributed by atoms with Crippen LogP contribution < -0.4 is 4.90 Å². The molecule has 0 fully saturated rings. The van der Waals surface area contributed by atoms with E-state index in [9.17, 15) is 14.4 Å². The van der Waals surface area contributed by atoms with E-state index in [0.717, 1.165) is 18.2 Å². The van der Waals surface area contributed by atoms with E-state index in [1.807, 2.05) is 0 Å². The van der Waals surface area contributed by atoms with Crippen molar-refractivity contribution in [3.8, 4) is 0 Å². The molecule has 2 aromatic rings. The van der Waals surface area contributed by atoms with Crippen LogP contribution in [0.15, 0.2) is 35.5 Å². The Labute approximate surface area is 150 Å². The lowest BCUT2D eigenvalue weighted by Gasteiger charge is -2.15. The molecule has 0 bridgehead atoms. The quantitative estimate of drug-likeness (QED) is 0.622. The van der Waals surface area contributed by atoms with Crippen LogP contribution in [0, 0.1) is 0 Å². The van der Waals surface area contributed by atoms with Gasteiger partial charge >= 0.3 is 5.97 Å². The predicted octanol–water partition coefficient (Wildman–Crippen LogP) is 2.34. The Morgan fingerprint density at radius 3 is 2.50 bits per heavy atom. The maximum atomic E-state index is 12.7. The first-order chi connectivity index (χ1) is 12.6. The van der Waals surface area contributed by atoms with Gasteiger partial charge in [-0.15, -0.1) is 0 Å². The lowest BCUT2D eigenvalue weighted by Crippen LogP contribution is -2.31. The SMILES string of the molecule is CCOC(=O)Cn1ncc2ccc(N3C(=O)C4=C(CCCC4)C3=O)cc21. The summed E-state index contributed by atoms with van der Waals surface area (Å²) in [5, 5.41) is 5.04. The molecule has 2 heterocycles. The molecule has 4 rings (SSSR count). The van der Waals surface area contributed by atoms with Crippen molar-refractivity contribution < 1.29 is 19.1 Å². The van der Waals surface area contributed by atoms with Gasteiger partial charge in [-0.2, -0.15) is 5.10 Å². The summed E-state index contributed by atoms with van der Waals surface area (Å²) in [6, 6.07) is 5.28. The maximum absolute atomic E-state index is 12.7. The van der Waals surface area contributed by atoms with E-state index >= 15 is 0 Å². The molecule has 0 saturated heterocycles. The van der Waals surface area contributed by atoms with Gasteiger partial charge in [-0.3, -0.25) is 19.1 Å². The normalized spacial score (nSPS) is 17.2. The van der Waals surface area contributed by atoms with E-state index in [-0.39, 0.29) is 24.3 Å². The Hall–Kier alpha value is -2.96. The van der Waals surface area contributed by atoms with Crippen molar-refractivity contribution in [2.75, 3.05) is 11.5 Å². The van der Waals surface area contributed by atoms with Crippen LogP contribution in [0.5, 0.6) is 0 Å². The van der Waals surface area contributed by atoms with Crippen LogP contribution in [-0.2, 0) is 25.7 Å². The molecule has 0 saturated carbocycles. The number of hydrogen-bond acceptors (Lipinski definition) is 5. The molecule has 134 valence electrons. The number of hydrogen-bond donors (Lipinski definition) is 0. The first-order valence-electron chi connectivity index (χ1n) is 8.82. The second-order valence-electron chi connectivity index (χ2n) is 6.46. The summed E-state index contributed by atoms with van der Waals surface area (Å²) >= 11 is 0. The zero-order chi connectivity index (χ0) is 18.3. The second-order valence-corrected chi connectivity index (χ2v) is 6.46. The van der Waals surface area contributed by atoms with Gasteiger partial charge in [-0.1, -0.05) is 0 Å². The molecule has 26 heavy (non-hydrogen) atoms. The van der Waals surface area contributed by atoms with Gasteiger partial charge in [0.25, 0.3) is 11.8 Å². The van der Waals surface area contributed by atoms with Gasteiger partial charge in [0.15, 0.2) is 0 Å². The largest absolute Gasteiger partial charge is 0.465 e. The molecule has 1 aliphatic carbocycles. The van der Waals surface area contributed by atoms with Crippen molar-refractivity contribution >= 4 is 34.4 Å². The zero-order valence-electron chi connectivity index (χ0n) is 14.5. The standard InChI is InChI=1S/C19H19N3O4/c1-2-26-17(23)11-21-16-9-13(8-7-12(16)10-20-21)22-18(24)14-5-3-4-6-15(14)19(22)25/h7-10H,2-6,11H2,1H3. The smallest absolute Gasteiger partial charge is 0.327 e. The van der Waals surface area contributed by atoms with E-state index in [1.165, 1.54) is 9.58 Å². The van der Waals surface area contributed by atoms with Crippen LogP contribution in [-0.4, -0.2) is 34.2 Å². The Morgan fingerprint density at radius 1 is 1.15 bits per heavy atom. The van der Waals surface area contributed by atoms with Crippen molar-refractivity contribution in [1.82, 2.24) is 9.78 Å². The van der Waals surface area contributed by atoms with Crippen LogP contribution in [0.2, 0.25) is 0 Å². The highest BCUT2D eigenvalue weighted by Crippen LogP contribution is 2.36. The van der Waals surface area contributed by atoms with Crippen molar-refractivity contribution in [2.45, 2.75) is 39.2 Å². The summed E-state index contributed by atoms with van der Waals surface area (Å²) in [4.78, 5) is 38.5. The topological polar surface area (TPSA) is 81.5 Å². The Balaban J connectivity index is 1.68. The van der Waals surface area contributed by atoms with Gasteiger partial charge in [-0.05, 0) is 50.8 Å². The molecule has 0 atom stereocenters. The van der Waals surface area contributed by atoms with Crippen molar-refractivity contribution in [3.63, 3.8) is 0 Å². The molecule has 1 aromatic carbocycles. The minimum Gasteiger partial charge on any atom is -0.465 e. The van der Waals surface area contributed by atoms with E-state index in [4.69, 9.17) is 4.74 Å². The molecular formula is C19H19N3O4. The summed E-state index contributed by atoms with van der Waals surface area (Å²) in [7, 11) is 0. The molecule has 0 radical (unpaired) electrons. The minimum atomic E-state index is -0.381. The first-order valence-corrected chi connectivity index (χ1v) is 8.82. The van der Waals surface area contributed by atoms with Crippen molar-refractivity contribution in [3.05, 3.63) is 35.5 Å². The number of nitrogens with zero attached hydrogens (tertiary/aromatic N) is 3. The number of fused-ring (bicyclic) bond motifs is 1. The fourth-order valence-electron chi connectivity index (χ4n) is 3.63. The Morgan fingerprint density at radius 2 is 1.85 bits per heavy atom. The molecule has 0 unspecified atom stereocenters. The highest BCUT2D eigenvalue weighted by Gasteiger charge is 2.39.